The average Bonchev–Trinajstić information content (AvgIpc) is 3.23. The molecule has 4 aromatic carbocycles. The summed E-state index contributed by atoms with van der Waals surface area (Å²) in [6.45, 7) is 7.83. The molecule has 61 heavy (non-hydrogen) atoms. The Hall–Kier alpha value is -7.19. The number of carbonyl (C=O) groups is 1. The van der Waals surface area contributed by atoms with Crippen molar-refractivity contribution in [3.8, 4) is 5.75 Å². The van der Waals surface area contributed by atoms with Gasteiger partial charge in [-0.2, -0.15) is 57.7 Å². The SMILES string of the molecule is C=C/C(C=Cc1ccc(N=N/C=C\C(C=Cc2ccc(N=NCN=Nc3cc(C)c(N=Nc4ccc(C(=O)O)cc4)cc3OC)cc2)=C(/C)S(=O)(=O)O)cc1)=C(\C)S(=O)(=O)O. The molecule has 0 amide bonds. The van der Waals surface area contributed by atoms with E-state index in [0.717, 1.165) is 5.56 Å². The van der Waals surface area contributed by atoms with Gasteiger partial charge < -0.3 is 9.84 Å². The zero-order valence-electron chi connectivity index (χ0n) is 33.2. The van der Waals surface area contributed by atoms with Crippen LogP contribution in [0.5, 0.6) is 5.75 Å². The Bertz CT molecular complexity index is 2750. The van der Waals surface area contributed by atoms with Gasteiger partial charge in [-0.1, -0.05) is 61.2 Å². The summed E-state index contributed by atoms with van der Waals surface area (Å²) in [6, 6.07) is 23.0. The van der Waals surface area contributed by atoms with Gasteiger partial charge in [-0.3, -0.25) is 9.11 Å². The highest BCUT2D eigenvalue weighted by Crippen LogP contribution is 2.36. The first-order valence-corrected chi connectivity index (χ1v) is 20.7. The monoisotopic (exact) mass is 864 g/mol. The topological polar surface area (TPSA) is 254 Å². The van der Waals surface area contributed by atoms with Crippen LogP contribution in [0.1, 0.15) is 40.9 Å². The number of methoxy groups -OCH3 is 1. The normalized spacial score (nSPS) is 13.7. The smallest absolute Gasteiger partial charge is 0.335 e. The lowest BCUT2D eigenvalue weighted by atomic mass is 10.1. The van der Waals surface area contributed by atoms with E-state index in [0.29, 0.717) is 45.3 Å². The van der Waals surface area contributed by atoms with Crippen molar-refractivity contribution in [2.24, 2.45) is 40.9 Å². The number of carboxylic acids is 1. The van der Waals surface area contributed by atoms with Gasteiger partial charge in [0.25, 0.3) is 20.2 Å². The Labute approximate surface area is 352 Å². The predicted molar refractivity (Wildman–Crippen MR) is 233 cm³/mol. The number of benzene rings is 4. The summed E-state index contributed by atoms with van der Waals surface area (Å²) < 4.78 is 71.1. The number of hydrogen-bond donors (Lipinski definition) is 3. The Morgan fingerprint density at radius 1 is 0.672 bits per heavy atom. The second-order valence-corrected chi connectivity index (χ2v) is 15.7. The van der Waals surface area contributed by atoms with Crippen molar-refractivity contribution in [1.82, 2.24) is 0 Å². The van der Waals surface area contributed by atoms with Crippen molar-refractivity contribution in [1.29, 1.82) is 0 Å². The molecule has 0 bridgehead atoms. The second kappa shape index (κ2) is 21.7. The first-order valence-electron chi connectivity index (χ1n) is 17.8. The van der Waals surface area contributed by atoms with Crippen LogP contribution in [0.4, 0.5) is 28.4 Å². The van der Waals surface area contributed by atoms with E-state index in [4.69, 9.17) is 9.84 Å². The predicted octanol–water partition coefficient (Wildman–Crippen LogP) is 11.8. The molecule has 3 N–H and O–H groups in total. The number of rotatable bonds is 18. The van der Waals surface area contributed by atoms with Crippen LogP contribution >= 0.6 is 0 Å². The lowest BCUT2D eigenvalue weighted by Gasteiger charge is -2.07. The Kier molecular flexibility index (Phi) is 16.5. The zero-order chi connectivity index (χ0) is 44.6. The Morgan fingerprint density at radius 2 is 1.18 bits per heavy atom. The molecule has 314 valence electrons. The Morgan fingerprint density at radius 3 is 1.72 bits per heavy atom. The van der Waals surface area contributed by atoms with Crippen LogP contribution in [0.15, 0.2) is 184 Å². The van der Waals surface area contributed by atoms with Gasteiger partial charge in [0.1, 0.15) is 11.4 Å². The minimum atomic E-state index is -4.52. The van der Waals surface area contributed by atoms with Gasteiger partial charge >= 0.3 is 5.97 Å². The van der Waals surface area contributed by atoms with E-state index < -0.39 is 26.2 Å². The molecule has 0 aliphatic rings. The first-order chi connectivity index (χ1) is 29.0. The molecule has 0 heterocycles. The largest absolute Gasteiger partial charge is 0.494 e. The molecular weight excluding hydrogens is 825 g/mol. The van der Waals surface area contributed by atoms with Crippen molar-refractivity contribution in [3.05, 3.63) is 165 Å². The molecule has 0 saturated heterocycles. The lowest BCUT2D eigenvalue weighted by molar-refractivity contribution is 0.0696. The standard InChI is InChI=1S/C42H40N8O9S2/c1-6-33(29(3)60(53,54)55)13-7-31-9-17-36(18-10-31)46-43-24-23-34(30(4)61(56,57)58)14-8-32-11-19-37(20-12-32)47-44-27-45-49-40-25-28(2)39(26-41(40)59-5)50-48-38-21-15-35(16-22-38)42(51)52/h6-26H,1,27H2,2-5H3,(H,51,52)(H,53,54,55)(H,56,57,58)/b13-7?,14-8?,24-23-,33-29-,34-30+,46-43?,47-44?,49-45?,50-48?. The number of carboxylic acid groups (broad SMARTS) is 1. The van der Waals surface area contributed by atoms with E-state index in [1.165, 1.54) is 63.6 Å². The molecule has 0 fully saturated rings. The van der Waals surface area contributed by atoms with Crippen molar-refractivity contribution < 1.29 is 40.6 Å². The van der Waals surface area contributed by atoms with E-state index in [9.17, 15) is 30.7 Å². The van der Waals surface area contributed by atoms with E-state index in [1.807, 2.05) is 6.92 Å². The molecule has 0 spiro atoms. The van der Waals surface area contributed by atoms with Gasteiger partial charge in [0.05, 0.1) is 51.4 Å². The molecule has 0 atom stereocenters. The van der Waals surface area contributed by atoms with Gasteiger partial charge in [-0.25, -0.2) is 4.79 Å². The molecule has 4 aromatic rings. The van der Waals surface area contributed by atoms with Crippen LogP contribution in [-0.4, -0.2) is 50.8 Å². The minimum Gasteiger partial charge on any atom is -0.494 e. The fraction of sp³-hybridized carbons (Fsp3) is 0.119. The summed E-state index contributed by atoms with van der Waals surface area (Å²) in [6.07, 6.45) is 10.2. The van der Waals surface area contributed by atoms with Crippen LogP contribution in [0.2, 0.25) is 0 Å². The molecule has 0 aliphatic heterocycles. The summed E-state index contributed by atoms with van der Waals surface area (Å²) in [5.74, 6) is -0.630. The lowest BCUT2D eigenvalue weighted by Crippen LogP contribution is -2.00. The summed E-state index contributed by atoms with van der Waals surface area (Å²) >= 11 is 0. The highest BCUT2D eigenvalue weighted by Gasteiger charge is 2.12. The van der Waals surface area contributed by atoms with Gasteiger partial charge in [0.15, 0.2) is 6.67 Å². The molecule has 0 radical (unpaired) electrons. The third-order valence-corrected chi connectivity index (χ3v) is 10.4. The van der Waals surface area contributed by atoms with Gasteiger partial charge in [0, 0.05) is 6.07 Å². The molecule has 0 saturated carbocycles. The van der Waals surface area contributed by atoms with Gasteiger partial charge in [-0.15, -0.1) is 0 Å². The summed E-state index contributed by atoms with van der Waals surface area (Å²) in [5, 5.41) is 42.1. The average molecular weight is 865 g/mol. The van der Waals surface area contributed by atoms with Crippen molar-refractivity contribution >= 4 is 66.8 Å². The van der Waals surface area contributed by atoms with E-state index in [1.54, 1.807) is 84.9 Å². The maximum Gasteiger partial charge on any atom is 0.335 e. The van der Waals surface area contributed by atoms with Gasteiger partial charge in [-0.05, 0) is 109 Å². The van der Waals surface area contributed by atoms with Crippen molar-refractivity contribution in [2.75, 3.05) is 13.8 Å². The van der Waals surface area contributed by atoms with Crippen molar-refractivity contribution in [2.45, 2.75) is 20.8 Å². The molecular formula is C42H40N8O9S2. The van der Waals surface area contributed by atoms with Crippen LogP contribution in [0.3, 0.4) is 0 Å². The number of aromatic carboxylic acids is 1. The summed E-state index contributed by atoms with van der Waals surface area (Å²) in [7, 11) is -7.39. The number of ether oxygens (including phenoxy) is 1. The van der Waals surface area contributed by atoms with E-state index >= 15 is 0 Å². The fourth-order valence-electron chi connectivity index (χ4n) is 4.85. The third-order valence-electron chi connectivity index (χ3n) is 8.37. The van der Waals surface area contributed by atoms with Crippen LogP contribution in [-0.2, 0) is 20.2 Å². The highest BCUT2D eigenvalue weighted by molar-refractivity contribution is 7.90. The molecule has 0 aromatic heterocycles. The van der Waals surface area contributed by atoms with E-state index in [-0.39, 0.29) is 33.2 Å². The quantitative estimate of drug-likeness (QED) is 0.0487. The molecule has 17 nitrogen and oxygen atoms in total. The number of allylic oxidation sites excluding steroid dienone is 8. The first kappa shape index (κ1) is 46.5. The van der Waals surface area contributed by atoms with Gasteiger partial charge in [0.2, 0.25) is 0 Å². The minimum absolute atomic E-state index is 0.0799. The van der Waals surface area contributed by atoms with Crippen molar-refractivity contribution in [3.63, 3.8) is 0 Å². The molecule has 4 rings (SSSR count). The maximum atomic E-state index is 12.0. The molecule has 19 heteroatoms. The number of aryl methyl sites for hydroxylation is 1. The second-order valence-electron chi connectivity index (χ2n) is 12.5. The summed E-state index contributed by atoms with van der Waals surface area (Å²) in [4.78, 5) is 10.5. The molecule has 0 unspecified atom stereocenters. The summed E-state index contributed by atoms with van der Waals surface area (Å²) in [5.41, 5.74) is 5.11. The number of azo groups is 4. The maximum absolute atomic E-state index is 12.0. The third kappa shape index (κ3) is 14.5. The zero-order valence-corrected chi connectivity index (χ0v) is 34.9. The molecule has 0 aliphatic carbocycles. The number of nitrogens with zero attached hydrogens (tertiary/aromatic N) is 8. The number of hydrogen-bond acceptors (Lipinski definition) is 14. The fourth-order valence-corrected chi connectivity index (χ4v) is 5.73. The Balaban J connectivity index is 1.36. The van der Waals surface area contributed by atoms with Crippen LogP contribution < -0.4 is 4.74 Å². The van der Waals surface area contributed by atoms with Crippen LogP contribution in [0, 0.1) is 6.92 Å². The van der Waals surface area contributed by atoms with Crippen LogP contribution in [0.25, 0.3) is 12.2 Å². The van der Waals surface area contributed by atoms with E-state index in [2.05, 4.69) is 47.5 Å². The highest BCUT2D eigenvalue weighted by atomic mass is 32.2.